The third-order valence-electron chi connectivity index (χ3n) is 3.18. The van der Waals surface area contributed by atoms with Crippen LogP contribution in [0.2, 0.25) is 0 Å². The summed E-state index contributed by atoms with van der Waals surface area (Å²) in [7, 11) is 0. The van der Waals surface area contributed by atoms with Gasteiger partial charge in [-0.05, 0) is 11.5 Å². The first-order valence-corrected chi connectivity index (χ1v) is 5.99. The van der Waals surface area contributed by atoms with E-state index < -0.39 is 0 Å². The van der Waals surface area contributed by atoms with Crippen molar-refractivity contribution in [2.45, 2.75) is 33.2 Å². The molecule has 0 aliphatic carbocycles. The number of hydrogen-bond donors (Lipinski definition) is 1. The van der Waals surface area contributed by atoms with E-state index in [1.54, 1.807) is 24.3 Å². The fourth-order valence-corrected chi connectivity index (χ4v) is 2.20. The number of likely N-dealkylation sites (tertiary alicyclic amines) is 1. The smallest absolute Gasteiger partial charge is 0.230 e. The van der Waals surface area contributed by atoms with Crippen LogP contribution in [-0.2, 0) is 16.1 Å². The lowest BCUT2D eigenvalue weighted by atomic mass is 9.81. The molecule has 1 N–H and O–H groups in total. The van der Waals surface area contributed by atoms with E-state index in [0.29, 0.717) is 18.4 Å². The van der Waals surface area contributed by atoms with Gasteiger partial charge in [-0.15, -0.1) is 0 Å². The summed E-state index contributed by atoms with van der Waals surface area (Å²) >= 11 is 0. The van der Waals surface area contributed by atoms with Gasteiger partial charge in [0.2, 0.25) is 11.8 Å². The summed E-state index contributed by atoms with van der Waals surface area (Å²) in [4.78, 5) is 25.2. The van der Waals surface area contributed by atoms with E-state index in [4.69, 9.17) is 0 Å². The normalized spacial score (nSPS) is 19.1. The van der Waals surface area contributed by atoms with E-state index >= 15 is 0 Å². The van der Waals surface area contributed by atoms with Gasteiger partial charge in [0.05, 0.1) is 6.54 Å². The summed E-state index contributed by atoms with van der Waals surface area (Å²) in [6.45, 7) is 3.99. The Bertz CT molecular complexity index is 474. The third kappa shape index (κ3) is 2.53. The summed E-state index contributed by atoms with van der Waals surface area (Å²) in [6, 6.07) is 6.76. The first kappa shape index (κ1) is 12.6. The number of hydrogen-bond acceptors (Lipinski definition) is 3. The van der Waals surface area contributed by atoms with Crippen molar-refractivity contribution in [1.82, 2.24) is 4.90 Å². The number of carbonyl (C=O) groups is 2. The zero-order chi connectivity index (χ0) is 13.3. The highest BCUT2D eigenvalue weighted by Crippen LogP contribution is 2.32. The molecular weight excluding hydrogens is 230 g/mol. The molecule has 0 unspecified atom stereocenters. The molecule has 1 aliphatic heterocycles. The Morgan fingerprint density at radius 2 is 1.72 bits per heavy atom. The molecule has 0 radical (unpaired) electrons. The van der Waals surface area contributed by atoms with Crippen LogP contribution in [0.15, 0.2) is 24.3 Å². The molecule has 4 nitrogen and oxygen atoms in total. The third-order valence-corrected chi connectivity index (χ3v) is 3.18. The Morgan fingerprint density at radius 1 is 1.17 bits per heavy atom. The van der Waals surface area contributed by atoms with Crippen molar-refractivity contribution < 1.29 is 14.7 Å². The average Bonchev–Trinajstić information content (AvgIpc) is 2.24. The van der Waals surface area contributed by atoms with Crippen molar-refractivity contribution in [1.29, 1.82) is 0 Å². The van der Waals surface area contributed by atoms with Crippen LogP contribution in [0, 0.1) is 5.41 Å². The number of rotatable bonds is 2. The molecule has 2 rings (SSSR count). The Hall–Kier alpha value is -1.84. The Morgan fingerprint density at radius 3 is 2.28 bits per heavy atom. The molecule has 1 aromatic carbocycles. The van der Waals surface area contributed by atoms with Crippen LogP contribution in [0.5, 0.6) is 5.75 Å². The molecule has 1 fully saturated rings. The maximum Gasteiger partial charge on any atom is 0.230 e. The zero-order valence-electron chi connectivity index (χ0n) is 10.6. The second kappa shape index (κ2) is 4.44. The number of phenols is 1. The molecule has 2 amide bonds. The molecule has 96 valence electrons. The number of benzene rings is 1. The quantitative estimate of drug-likeness (QED) is 0.814. The minimum Gasteiger partial charge on any atom is -0.508 e. The number of imide groups is 1. The second-order valence-corrected chi connectivity index (χ2v) is 5.52. The number of nitrogens with zero attached hydrogens (tertiary/aromatic N) is 1. The Balaban J connectivity index is 2.18. The molecule has 0 atom stereocenters. The number of amides is 2. The highest BCUT2D eigenvalue weighted by atomic mass is 16.3. The maximum atomic E-state index is 12.0. The van der Waals surface area contributed by atoms with Gasteiger partial charge in [0, 0.05) is 18.4 Å². The molecule has 0 spiro atoms. The van der Waals surface area contributed by atoms with Crippen molar-refractivity contribution in [3.63, 3.8) is 0 Å². The summed E-state index contributed by atoms with van der Waals surface area (Å²) in [5.74, 6) is -0.220. The number of aromatic hydroxyl groups is 1. The molecular formula is C14H17NO3. The lowest BCUT2D eigenvalue weighted by molar-refractivity contribution is -0.153. The van der Waals surface area contributed by atoms with E-state index in [1.165, 1.54) is 4.90 Å². The van der Waals surface area contributed by atoms with Crippen LogP contribution in [-0.4, -0.2) is 21.8 Å². The highest BCUT2D eigenvalue weighted by Gasteiger charge is 2.37. The van der Waals surface area contributed by atoms with Gasteiger partial charge in [0.15, 0.2) is 0 Å². The molecule has 18 heavy (non-hydrogen) atoms. The molecule has 0 aromatic heterocycles. The average molecular weight is 247 g/mol. The molecule has 1 saturated heterocycles. The molecule has 0 saturated carbocycles. The number of para-hydroxylation sites is 1. The van der Waals surface area contributed by atoms with Gasteiger partial charge in [-0.3, -0.25) is 14.5 Å². The lowest BCUT2D eigenvalue weighted by Crippen LogP contribution is -2.45. The second-order valence-electron chi connectivity index (χ2n) is 5.52. The van der Waals surface area contributed by atoms with Crippen molar-refractivity contribution in [2.75, 3.05) is 0 Å². The minimum atomic E-state index is -0.261. The Kier molecular flexibility index (Phi) is 3.11. The van der Waals surface area contributed by atoms with E-state index in [-0.39, 0.29) is 29.5 Å². The van der Waals surface area contributed by atoms with Crippen LogP contribution in [0.25, 0.3) is 0 Å². The number of carbonyl (C=O) groups excluding carboxylic acids is 2. The number of phenolic OH excluding ortho intramolecular Hbond substituents is 1. The first-order valence-electron chi connectivity index (χ1n) is 5.99. The summed E-state index contributed by atoms with van der Waals surface area (Å²) in [6.07, 6.45) is 0.735. The first-order chi connectivity index (χ1) is 8.39. The predicted molar refractivity (Wildman–Crippen MR) is 66.7 cm³/mol. The predicted octanol–water partition coefficient (Wildman–Crippen LogP) is 2.07. The summed E-state index contributed by atoms with van der Waals surface area (Å²) in [5, 5.41) is 9.67. The SMILES string of the molecule is CC1(C)CC(=O)N(Cc2ccccc2O)C(=O)C1. The maximum absolute atomic E-state index is 12.0. The summed E-state index contributed by atoms with van der Waals surface area (Å²) in [5.41, 5.74) is 0.336. The van der Waals surface area contributed by atoms with Gasteiger partial charge in [-0.1, -0.05) is 32.0 Å². The molecule has 4 heteroatoms. The van der Waals surface area contributed by atoms with Gasteiger partial charge < -0.3 is 5.11 Å². The number of piperidine rings is 1. The van der Waals surface area contributed by atoms with Gasteiger partial charge in [-0.2, -0.15) is 0 Å². The Labute approximate surface area is 106 Å². The van der Waals surface area contributed by atoms with Crippen molar-refractivity contribution in [2.24, 2.45) is 5.41 Å². The van der Waals surface area contributed by atoms with Crippen molar-refractivity contribution in [3.8, 4) is 5.75 Å². The van der Waals surface area contributed by atoms with E-state index in [0.717, 1.165) is 0 Å². The van der Waals surface area contributed by atoms with Gasteiger partial charge in [0.25, 0.3) is 0 Å². The monoisotopic (exact) mass is 247 g/mol. The van der Waals surface area contributed by atoms with Crippen molar-refractivity contribution in [3.05, 3.63) is 29.8 Å². The van der Waals surface area contributed by atoms with E-state index in [1.807, 2.05) is 13.8 Å². The van der Waals surface area contributed by atoms with Gasteiger partial charge in [0.1, 0.15) is 5.75 Å². The summed E-state index contributed by atoms with van der Waals surface area (Å²) < 4.78 is 0. The van der Waals surface area contributed by atoms with Crippen LogP contribution in [0.3, 0.4) is 0 Å². The topological polar surface area (TPSA) is 57.6 Å². The molecule has 1 heterocycles. The zero-order valence-corrected chi connectivity index (χ0v) is 10.6. The van der Waals surface area contributed by atoms with Crippen LogP contribution in [0.1, 0.15) is 32.3 Å². The lowest BCUT2D eigenvalue weighted by Gasteiger charge is -2.34. The van der Waals surface area contributed by atoms with E-state index in [2.05, 4.69) is 0 Å². The highest BCUT2D eigenvalue weighted by molar-refractivity contribution is 5.98. The molecule has 1 aromatic rings. The van der Waals surface area contributed by atoms with Crippen LogP contribution >= 0.6 is 0 Å². The van der Waals surface area contributed by atoms with Gasteiger partial charge in [-0.25, -0.2) is 0 Å². The standard InChI is InChI=1S/C14H17NO3/c1-14(2)7-12(17)15(13(18)8-14)9-10-5-3-4-6-11(10)16/h3-6,16H,7-9H2,1-2H3. The van der Waals surface area contributed by atoms with Crippen molar-refractivity contribution >= 4 is 11.8 Å². The van der Waals surface area contributed by atoms with Crippen LogP contribution < -0.4 is 0 Å². The largest absolute Gasteiger partial charge is 0.508 e. The fourth-order valence-electron chi connectivity index (χ4n) is 2.20. The molecule has 1 aliphatic rings. The van der Waals surface area contributed by atoms with E-state index in [9.17, 15) is 14.7 Å². The molecule has 0 bridgehead atoms. The van der Waals surface area contributed by atoms with Gasteiger partial charge >= 0.3 is 0 Å². The minimum absolute atomic E-state index is 0.114. The fraction of sp³-hybridized carbons (Fsp3) is 0.429. The van der Waals surface area contributed by atoms with Crippen LogP contribution in [0.4, 0.5) is 0 Å².